The van der Waals surface area contributed by atoms with Gasteiger partial charge in [-0.25, -0.2) is 4.68 Å². The standard InChI is InChI=1S/C23H25N3O2/c1-5-21(23(28)24-19-11-8-16(3)14-17(19)4)26-22(27)13-12-20(25-26)18-9-6-15(2)7-10-18/h6-14,21H,5H2,1-4H3,(H,24,28)/t21-/m1/s1. The number of anilines is 1. The normalized spacial score (nSPS) is 11.9. The number of hydrogen-bond acceptors (Lipinski definition) is 3. The summed E-state index contributed by atoms with van der Waals surface area (Å²) in [4.78, 5) is 25.4. The van der Waals surface area contributed by atoms with Crippen LogP contribution in [-0.4, -0.2) is 15.7 Å². The van der Waals surface area contributed by atoms with E-state index in [1.807, 2.05) is 70.2 Å². The van der Waals surface area contributed by atoms with Gasteiger partial charge in [0.05, 0.1) is 5.69 Å². The zero-order valence-corrected chi connectivity index (χ0v) is 16.7. The van der Waals surface area contributed by atoms with E-state index in [2.05, 4.69) is 10.4 Å². The summed E-state index contributed by atoms with van der Waals surface area (Å²) in [7, 11) is 0. The average molecular weight is 375 g/mol. The topological polar surface area (TPSA) is 64.0 Å². The molecule has 28 heavy (non-hydrogen) atoms. The Hall–Kier alpha value is -3.21. The van der Waals surface area contributed by atoms with Gasteiger partial charge in [-0.15, -0.1) is 0 Å². The van der Waals surface area contributed by atoms with Crippen molar-refractivity contribution in [3.63, 3.8) is 0 Å². The maximum Gasteiger partial charge on any atom is 0.267 e. The van der Waals surface area contributed by atoms with Crippen LogP contribution < -0.4 is 10.9 Å². The van der Waals surface area contributed by atoms with Crippen LogP contribution in [0.2, 0.25) is 0 Å². The molecule has 3 rings (SSSR count). The third-order valence-corrected chi connectivity index (χ3v) is 4.80. The molecule has 0 aliphatic heterocycles. The fourth-order valence-corrected chi connectivity index (χ4v) is 3.17. The van der Waals surface area contributed by atoms with Crippen molar-refractivity contribution in [3.8, 4) is 11.3 Å². The molecule has 0 saturated heterocycles. The zero-order valence-electron chi connectivity index (χ0n) is 16.7. The van der Waals surface area contributed by atoms with E-state index >= 15 is 0 Å². The van der Waals surface area contributed by atoms with Crippen molar-refractivity contribution in [3.05, 3.63) is 81.6 Å². The lowest BCUT2D eigenvalue weighted by atomic mass is 10.1. The quantitative estimate of drug-likeness (QED) is 0.718. The van der Waals surface area contributed by atoms with Crippen LogP contribution >= 0.6 is 0 Å². The number of carbonyl (C=O) groups is 1. The molecule has 0 fully saturated rings. The summed E-state index contributed by atoms with van der Waals surface area (Å²) in [6.45, 7) is 7.85. The lowest BCUT2D eigenvalue weighted by Gasteiger charge is -2.18. The molecular weight excluding hydrogens is 350 g/mol. The highest BCUT2D eigenvalue weighted by atomic mass is 16.2. The van der Waals surface area contributed by atoms with Crippen molar-refractivity contribution in [2.24, 2.45) is 0 Å². The second kappa shape index (κ2) is 8.21. The molecule has 5 heteroatoms. The average Bonchev–Trinajstić information content (AvgIpc) is 2.67. The molecule has 0 saturated carbocycles. The van der Waals surface area contributed by atoms with Gasteiger partial charge in [0.15, 0.2) is 0 Å². The predicted molar refractivity (Wildman–Crippen MR) is 113 cm³/mol. The fourth-order valence-electron chi connectivity index (χ4n) is 3.17. The fraction of sp³-hybridized carbons (Fsp3) is 0.261. The van der Waals surface area contributed by atoms with Crippen LogP contribution in [0.1, 0.15) is 36.1 Å². The van der Waals surface area contributed by atoms with Gasteiger partial charge in [-0.3, -0.25) is 9.59 Å². The Balaban J connectivity index is 1.92. The highest BCUT2D eigenvalue weighted by Crippen LogP contribution is 2.20. The van der Waals surface area contributed by atoms with E-state index in [9.17, 15) is 9.59 Å². The molecule has 0 aliphatic rings. The Morgan fingerprint density at radius 3 is 2.32 bits per heavy atom. The molecule has 5 nitrogen and oxygen atoms in total. The second-order valence-electron chi connectivity index (χ2n) is 7.10. The largest absolute Gasteiger partial charge is 0.324 e. The first kappa shape index (κ1) is 19.5. The molecule has 2 aromatic carbocycles. The van der Waals surface area contributed by atoms with Crippen LogP contribution in [0, 0.1) is 20.8 Å². The van der Waals surface area contributed by atoms with E-state index < -0.39 is 6.04 Å². The van der Waals surface area contributed by atoms with Gasteiger partial charge in [0.1, 0.15) is 6.04 Å². The van der Waals surface area contributed by atoms with Gasteiger partial charge in [0.25, 0.3) is 5.56 Å². The number of carbonyl (C=O) groups excluding carboxylic acids is 1. The second-order valence-corrected chi connectivity index (χ2v) is 7.10. The molecule has 1 aromatic heterocycles. The van der Waals surface area contributed by atoms with Gasteiger partial charge in [0.2, 0.25) is 5.91 Å². The molecule has 1 N–H and O–H groups in total. The Labute approximate surface area is 165 Å². The molecule has 0 bridgehead atoms. The van der Waals surface area contributed by atoms with Gasteiger partial charge < -0.3 is 5.32 Å². The minimum Gasteiger partial charge on any atom is -0.324 e. The van der Waals surface area contributed by atoms with Crippen LogP contribution in [0.25, 0.3) is 11.3 Å². The molecule has 0 spiro atoms. The van der Waals surface area contributed by atoms with Crippen molar-refractivity contribution < 1.29 is 4.79 Å². The molecule has 0 aliphatic carbocycles. The number of nitrogens with one attached hydrogen (secondary N) is 1. The number of rotatable bonds is 5. The van der Waals surface area contributed by atoms with E-state index in [0.29, 0.717) is 12.1 Å². The van der Waals surface area contributed by atoms with E-state index in [1.54, 1.807) is 6.07 Å². The van der Waals surface area contributed by atoms with Crippen molar-refractivity contribution in [2.75, 3.05) is 5.32 Å². The Morgan fingerprint density at radius 2 is 1.68 bits per heavy atom. The number of nitrogens with zero attached hydrogens (tertiary/aromatic N) is 2. The van der Waals surface area contributed by atoms with Crippen molar-refractivity contribution in [1.82, 2.24) is 9.78 Å². The van der Waals surface area contributed by atoms with E-state index in [1.165, 1.54) is 10.7 Å². The van der Waals surface area contributed by atoms with E-state index in [-0.39, 0.29) is 11.5 Å². The SMILES string of the molecule is CC[C@H](C(=O)Nc1ccc(C)cc1C)n1nc(-c2ccc(C)cc2)ccc1=O. The first-order valence-corrected chi connectivity index (χ1v) is 9.44. The lowest BCUT2D eigenvalue weighted by Crippen LogP contribution is -2.34. The van der Waals surface area contributed by atoms with Gasteiger partial charge >= 0.3 is 0 Å². The summed E-state index contributed by atoms with van der Waals surface area (Å²) < 4.78 is 1.29. The highest BCUT2D eigenvalue weighted by Gasteiger charge is 2.22. The number of aromatic nitrogens is 2. The van der Waals surface area contributed by atoms with Gasteiger partial charge in [-0.05, 0) is 44.9 Å². The maximum atomic E-state index is 12.9. The molecule has 0 unspecified atom stereocenters. The van der Waals surface area contributed by atoms with Gasteiger partial charge in [-0.1, -0.05) is 54.4 Å². The molecule has 144 valence electrons. The third-order valence-electron chi connectivity index (χ3n) is 4.80. The Kier molecular flexibility index (Phi) is 5.73. The summed E-state index contributed by atoms with van der Waals surface area (Å²) in [5.41, 5.74) is 5.29. The van der Waals surface area contributed by atoms with Crippen molar-refractivity contribution >= 4 is 11.6 Å². The van der Waals surface area contributed by atoms with Crippen LogP contribution in [0.5, 0.6) is 0 Å². The van der Waals surface area contributed by atoms with Crippen LogP contribution in [-0.2, 0) is 4.79 Å². The Morgan fingerprint density at radius 1 is 1.00 bits per heavy atom. The van der Waals surface area contributed by atoms with Gasteiger partial charge in [0, 0.05) is 17.3 Å². The van der Waals surface area contributed by atoms with Gasteiger partial charge in [-0.2, -0.15) is 5.10 Å². The van der Waals surface area contributed by atoms with E-state index in [0.717, 1.165) is 27.9 Å². The number of benzene rings is 2. The smallest absolute Gasteiger partial charge is 0.267 e. The minimum atomic E-state index is -0.682. The summed E-state index contributed by atoms with van der Waals surface area (Å²) in [5.74, 6) is -0.245. The highest BCUT2D eigenvalue weighted by molar-refractivity contribution is 5.94. The molecule has 3 aromatic rings. The Bertz CT molecular complexity index is 1050. The van der Waals surface area contributed by atoms with Crippen molar-refractivity contribution in [2.45, 2.75) is 40.2 Å². The zero-order chi connectivity index (χ0) is 20.3. The molecule has 0 radical (unpaired) electrons. The summed E-state index contributed by atoms with van der Waals surface area (Å²) in [6.07, 6.45) is 0.459. The summed E-state index contributed by atoms with van der Waals surface area (Å²) in [6, 6.07) is 16.2. The molecule has 1 atom stereocenters. The minimum absolute atomic E-state index is 0.245. The summed E-state index contributed by atoms with van der Waals surface area (Å²) in [5, 5.41) is 7.43. The molecular formula is C23H25N3O2. The summed E-state index contributed by atoms with van der Waals surface area (Å²) >= 11 is 0. The number of amides is 1. The van der Waals surface area contributed by atoms with Crippen LogP contribution in [0.3, 0.4) is 0 Å². The maximum absolute atomic E-state index is 12.9. The molecule has 1 heterocycles. The molecule has 1 amide bonds. The monoisotopic (exact) mass is 375 g/mol. The number of aryl methyl sites for hydroxylation is 3. The first-order valence-electron chi connectivity index (χ1n) is 9.44. The van der Waals surface area contributed by atoms with Crippen LogP contribution in [0.15, 0.2) is 59.4 Å². The third kappa shape index (κ3) is 4.19. The van der Waals surface area contributed by atoms with Crippen LogP contribution in [0.4, 0.5) is 5.69 Å². The van der Waals surface area contributed by atoms with Crippen molar-refractivity contribution in [1.29, 1.82) is 0 Å². The first-order chi connectivity index (χ1) is 13.4. The van der Waals surface area contributed by atoms with E-state index in [4.69, 9.17) is 0 Å². The number of hydrogen-bond donors (Lipinski definition) is 1. The predicted octanol–water partition coefficient (Wildman–Crippen LogP) is 4.43. The lowest BCUT2D eigenvalue weighted by molar-refractivity contribution is -0.119.